The summed E-state index contributed by atoms with van der Waals surface area (Å²) in [5, 5.41) is 0. The van der Waals surface area contributed by atoms with Crippen molar-refractivity contribution in [3.8, 4) is 0 Å². The molecule has 82 valence electrons. The normalized spacial score (nSPS) is 18.8. The summed E-state index contributed by atoms with van der Waals surface area (Å²) in [5.74, 6) is -1.16. The molecular weight excluding hydrogens is 292 g/mol. The fraction of sp³-hybridized carbons (Fsp3) is 1.00. The molecule has 0 aromatic carbocycles. The van der Waals surface area contributed by atoms with Gasteiger partial charge in [-0.05, 0) is 0 Å². The first-order valence-electron chi connectivity index (χ1n) is 4.15. The maximum absolute atomic E-state index is 12.4. The van der Waals surface area contributed by atoms with E-state index in [1.54, 1.807) is 0 Å². The summed E-state index contributed by atoms with van der Waals surface area (Å²) >= 11 is -0.374. The zero-order valence-electron chi connectivity index (χ0n) is 8.67. The number of hydrogen-bond acceptors (Lipinski definition) is 0. The van der Waals surface area contributed by atoms with E-state index in [9.17, 15) is 13.2 Å². The molecule has 0 saturated heterocycles. The van der Waals surface area contributed by atoms with E-state index in [4.69, 9.17) is 0 Å². The van der Waals surface area contributed by atoms with Crippen molar-refractivity contribution < 1.29 is 34.4 Å². The van der Waals surface area contributed by atoms with Crippen LogP contribution < -0.4 is 21.2 Å². The molecule has 0 aliphatic heterocycles. The van der Waals surface area contributed by atoms with Crippen LogP contribution in [0.5, 0.6) is 0 Å². The standard InChI is InChI=1S/C9H17F3I/c1-6(9(10,11)12)7(13-5)8(2,3)4/h6-7H,1-5H3/q-1. The van der Waals surface area contributed by atoms with E-state index in [0.29, 0.717) is 0 Å². The molecular formula is C9H17F3I-. The third kappa shape index (κ3) is 4.04. The summed E-state index contributed by atoms with van der Waals surface area (Å²) in [6.45, 7) is 6.98. The monoisotopic (exact) mass is 309 g/mol. The van der Waals surface area contributed by atoms with Gasteiger partial charge >= 0.3 is 88.4 Å². The second-order valence-corrected chi connectivity index (χ2v) is 6.90. The van der Waals surface area contributed by atoms with Crippen LogP contribution in [0.3, 0.4) is 0 Å². The predicted molar refractivity (Wildman–Crippen MR) is 44.4 cm³/mol. The van der Waals surface area contributed by atoms with Gasteiger partial charge in [-0.15, -0.1) is 0 Å². The van der Waals surface area contributed by atoms with Gasteiger partial charge in [0.2, 0.25) is 0 Å². The first kappa shape index (κ1) is 13.5. The fourth-order valence-electron chi connectivity index (χ4n) is 1.43. The van der Waals surface area contributed by atoms with Gasteiger partial charge in [-0.1, -0.05) is 0 Å². The topological polar surface area (TPSA) is 0 Å². The average Bonchev–Trinajstić information content (AvgIpc) is 1.83. The third-order valence-corrected chi connectivity index (χ3v) is 6.31. The van der Waals surface area contributed by atoms with Gasteiger partial charge in [0.25, 0.3) is 0 Å². The van der Waals surface area contributed by atoms with Gasteiger partial charge in [0.05, 0.1) is 0 Å². The number of hydrogen-bond donors (Lipinski definition) is 0. The third-order valence-electron chi connectivity index (χ3n) is 2.02. The molecule has 0 rings (SSSR count). The van der Waals surface area contributed by atoms with Gasteiger partial charge in [0.1, 0.15) is 0 Å². The number of alkyl halides is 5. The first-order chi connectivity index (χ1) is 5.60. The molecule has 0 aromatic heterocycles. The maximum atomic E-state index is 12.4. The molecule has 0 fully saturated rings. The second kappa shape index (κ2) is 4.36. The summed E-state index contributed by atoms with van der Waals surface area (Å²) in [7, 11) is 0. The van der Waals surface area contributed by atoms with Crippen LogP contribution in [0.25, 0.3) is 0 Å². The van der Waals surface area contributed by atoms with Gasteiger partial charge in [0.15, 0.2) is 0 Å². The van der Waals surface area contributed by atoms with Crippen LogP contribution in [0, 0.1) is 11.3 Å². The Balaban J connectivity index is 4.61. The zero-order valence-corrected chi connectivity index (χ0v) is 10.8. The van der Waals surface area contributed by atoms with E-state index in [1.165, 1.54) is 6.92 Å². The molecule has 0 heterocycles. The summed E-state index contributed by atoms with van der Waals surface area (Å²) in [5.41, 5.74) is -0.225. The van der Waals surface area contributed by atoms with Crippen molar-refractivity contribution >= 4 is 0 Å². The van der Waals surface area contributed by atoms with Gasteiger partial charge in [-0.25, -0.2) is 0 Å². The van der Waals surface area contributed by atoms with E-state index >= 15 is 0 Å². The van der Waals surface area contributed by atoms with E-state index < -0.39 is 12.1 Å². The molecule has 0 aromatic rings. The molecule has 0 radical (unpaired) electrons. The summed E-state index contributed by atoms with van der Waals surface area (Å²) in [4.78, 5) is 1.93. The Kier molecular flexibility index (Phi) is 4.54. The molecule has 0 aliphatic rings. The van der Waals surface area contributed by atoms with Gasteiger partial charge in [-0.3, -0.25) is 0 Å². The summed E-state index contributed by atoms with van der Waals surface area (Å²) < 4.78 is 37.1. The fourth-order valence-corrected chi connectivity index (χ4v) is 4.79. The molecule has 0 saturated carbocycles. The van der Waals surface area contributed by atoms with Crippen LogP contribution >= 0.6 is 0 Å². The second-order valence-electron chi connectivity index (χ2n) is 4.32. The van der Waals surface area contributed by atoms with Crippen molar-refractivity contribution in [1.82, 2.24) is 0 Å². The average molecular weight is 309 g/mol. The van der Waals surface area contributed by atoms with E-state index in [1.807, 2.05) is 25.7 Å². The molecule has 0 bridgehead atoms. The Bertz CT molecular complexity index is 157. The van der Waals surface area contributed by atoms with Gasteiger partial charge in [0, 0.05) is 0 Å². The Morgan fingerprint density at radius 3 is 1.54 bits per heavy atom. The Morgan fingerprint density at radius 1 is 1.08 bits per heavy atom. The summed E-state index contributed by atoms with van der Waals surface area (Å²) in [6.07, 6.45) is -4.03. The van der Waals surface area contributed by atoms with Crippen LogP contribution in [0.1, 0.15) is 27.7 Å². The molecule has 13 heavy (non-hydrogen) atoms. The number of halogens is 4. The van der Waals surface area contributed by atoms with Crippen LogP contribution in [0.15, 0.2) is 0 Å². The molecule has 2 atom stereocenters. The minimum absolute atomic E-state index is 0.189. The van der Waals surface area contributed by atoms with E-state index in [2.05, 4.69) is 0 Å². The molecule has 2 unspecified atom stereocenters. The van der Waals surface area contributed by atoms with Gasteiger partial charge in [-0.2, -0.15) is 0 Å². The van der Waals surface area contributed by atoms with Crippen molar-refractivity contribution in [1.29, 1.82) is 0 Å². The van der Waals surface area contributed by atoms with Crippen molar-refractivity contribution in [3.63, 3.8) is 0 Å². The van der Waals surface area contributed by atoms with Crippen molar-refractivity contribution in [2.75, 3.05) is 4.93 Å². The SMILES string of the molecule is C[I-]C(C(C)C(F)(F)F)C(C)(C)C. The van der Waals surface area contributed by atoms with Crippen molar-refractivity contribution in [3.05, 3.63) is 0 Å². The van der Waals surface area contributed by atoms with Crippen LogP contribution in [-0.4, -0.2) is 15.0 Å². The molecule has 0 aliphatic carbocycles. The van der Waals surface area contributed by atoms with Crippen molar-refractivity contribution in [2.45, 2.75) is 37.8 Å². The zero-order chi connectivity index (χ0) is 10.9. The number of rotatable bonds is 2. The van der Waals surface area contributed by atoms with Crippen LogP contribution in [-0.2, 0) is 0 Å². The molecule has 0 N–H and O–H groups in total. The first-order valence-corrected chi connectivity index (χ1v) is 7.55. The molecule has 0 spiro atoms. The van der Waals surface area contributed by atoms with Crippen LogP contribution in [0.2, 0.25) is 0 Å². The summed E-state index contributed by atoms with van der Waals surface area (Å²) in [6, 6.07) is 0. The van der Waals surface area contributed by atoms with E-state index in [-0.39, 0.29) is 30.5 Å². The van der Waals surface area contributed by atoms with Crippen LogP contribution in [0.4, 0.5) is 13.2 Å². The Labute approximate surface area is 88.5 Å². The Morgan fingerprint density at radius 2 is 1.46 bits per heavy atom. The molecule has 0 nitrogen and oxygen atoms in total. The Hall–Kier alpha value is 0.520. The molecule has 4 heteroatoms. The van der Waals surface area contributed by atoms with Gasteiger partial charge < -0.3 is 0 Å². The van der Waals surface area contributed by atoms with Crippen molar-refractivity contribution in [2.24, 2.45) is 11.3 Å². The molecule has 0 amide bonds. The quantitative estimate of drug-likeness (QED) is 0.509. The predicted octanol–water partition coefficient (Wildman–Crippen LogP) is 0.318. The minimum atomic E-state index is -4.03. The van der Waals surface area contributed by atoms with E-state index in [0.717, 1.165) is 0 Å².